The van der Waals surface area contributed by atoms with Crippen LogP contribution in [-0.4, -0.2) is 27.9 Å². The first-order valence-electron chi connectivity index (χ1n) is 7.15. The Morgan fingerprint density at radius 1 is 1.32 bits per heavy atom. The summed E-state index contributed by atoms with van der Waals surface area (Å²) in [6.07, 6.45) is 0. The van der Waals surface area contributed by atoms with Crippen LogP contribution in [0.4, 0.5) is 5.82 Å². The van der Waals surface area contributed by atoms with Gasteiger partial charge in [0.1, 0.15) is 12.4 Å². The second kappa shape index (κ2) is 5.57. The molecule has 2 heterocycles. The molecule has 0 aliphatic carbocycles. The zero-order valence-electron chi connectivity index (χ0n) is 12.7. The van der Waals surface area contributed by atoms with Gasteiger partial charge in [0.25, 0.3) is 0 Å². The first kappa shape index (κ1) is 14.8. The predicted molar refractivity (Wildman–Crippen MR) is 87.9 cm³/mol. The van der Waals surface area contributed by atoms with Crippen LogP contribution in [0.25, 0.3) is 0 Å². The largest absolute Gasteiger partial charge is 0.309 e. The van der Waals surface area contributed by atoms with Gasteiger partial charge in [-0.2, -0.15) is 5.10 Å². The Kier molecular flexibility index (Phi) is 3.74. The summed E-state index contributed by atoms with van der Waals surface area (Å²) in [6.45, 7) is 4.21. The minimum Gasteiger partial charge on any atom is -0.309 e. The highest BCUT2D eigenvalue weighted by atomic mass is 35.5. The molecule has 0 fully saturated rings. The van der Waals surface area contributed by atoms with E-state index < -0.39 is 0 Å². The van der Waals surface area contributed by atoms with Crippen LogP contribution < -0.4 is 5.32 Å². The van der Waals surface area contributed by atoms with Crippen molar-refractivity contribution in [2.75, 3.05) is 11.9 Å². The van der Waals surface area contributed by atoms with Gasteiger partial charge in [0.15, 0.2) is 0 Å². The van der Waals surface area contributed by atoms with Crippen molar-refractivity contribution in [2.24, 2.45) is 12.0 Å². The Bertz CT molecular complexity index is 776. The summed E-state index contributed by atoms with van der Waals surface area (Å²) in [5, 5.41) is 8.05. The van der Waals surface area contributed by atoms with Gasteiger partial charge in [0, 0.05) is 17.6 Å². The normalized spacial score (nSPS) is 14.4. The SMILES string of the molecule is CC(C)c1nn(C)c2c1C(c1ccccc1Cl)=NCC(=O)N2. The van der Waals surface area contributed by atoms with E-state index in [1.807, 2.05) is 31.3 Å². The van der Waals surface area contributed by atoms with E-state index in [0.29, 0.717) is 10.8 Å². The molecule has 6 heteroatoms. The van der Waals surface area contributed by atoms with E-state index in [4.69, 9.17) is 11.6 Å². The van der Waals surface area contributed by atoms with Gasteiger partial charge in [-0.15, -0.1) is 0 Å². The molecule has 0 radical (unpaired) electrons. The summed E-state index contributed by atoms with van der Waals surface area (Å²) >= 11 is 6.34. The standard InChI is InChI=1S/C16H17ClN4O/c1-9(2)14-13-15(10-6-4-5-7-11(10)17)18-8-12(22)19-16(13)21(3)20-14/h4-7,9H,8H2,1-3H3,(H,19,22). The van der Waals surface area contributed by atoms with Crippen molar-refractivity contribution in [3.63, 3.8) is 0 Å². The molecule has 1 amide bonds. The third kappa shape index (κ3) is 2.41. The number of benzene rings is 1. The number of nitrogens with one attached hydrogen (secondary N) is 1. The van der Waals surface area contributed by atoms with Crippen LogP contribution in [-0.2, 0) is 11.8 Å². The molecule has 114 valence electrons. The third-order valence-corrected chi connectivity index (χ3v) is 3.96. The third-order valence-electron chi connectivity index (χ3n) is 3.63. The monoisotopic (exact) mass is 316 g/mol. The van der Waals surface area contributed by atoms with Crippen molar-refractivity contribution >= 4 is 29.0 Å². The minimum absolute atomic E-state index is 0.0762. The second-order valence-corrected chi connectivity index (χ2v) is 5.99. The van der Waals surface area contributed by atoms with Crippen LogP contribution in [0.1, 0.15) is 36.6 Å². The van der Waals surface area contributed by atoms with E-state index in [-0.39, 0.29) is 18.4 Å². The van der Waals surface area contributed by atoms with Gasteiger partial charge in [0.2, 0.25) is 5.91 Å². The number of hydrogen-bond donors (Lipinski definition) is 1. The number of anilines is 1. The molecule has 22 heavy (non-hydrogen) atoms. The summed E-state index contributed by atoms with van der Waals surface area (Å²) in [7, 11) is 1.82. The first-order valence-corrected chi connectivity index (χ1v) is 7.53. The summed E-state index contributed by atoms with van der Waals surface area (Å²) in [6, 6.07) is 7.53. The number of carbonyl (C=O) groups excluding carboxylic acids is 1. The lowest BCUT2D eigenvalue weighted by Gasteiger charge is -2.11. The van der Waals surface area contributed by atoms with Gasteiger partial charge < -0.3 is 5.32 Å². The Morgan fingerprint density at radius 2 is 2.05 bits per heavy atom. The zero-order chi connectivity index (χ0) is 15.9. The molecule has 0 atom stereocenters. The van der Waals surface area contributed by atoms with Crippen molar-refractivity contribution < 1.29 is 4.79 Å². The summed E-state index contributed by atoms with van der Waals surface area (Å²) in [5.41, 5.74) is 3.29. The van der Waals surface area contributed by atoms with E-state index in [2.05, 4.69) is 29.3 Å². The van der Waals surface area contributed by atoms with E-state index in [1.54, 1.807) is 4.68 Å². The molecule has 3 rings (SSSR count). The first-order chi connectivity index (χ1) is 10.5. The lowest BCUT2D eigenvalue weighted by Crippen LogP contribution is -2.16. The molecule has 1 aliphatic rings. The molecular formula is C16H17ClN4O. The van der Waals surface area contributed by atoms with Gasteiger partial charge in [-0.05, 0) is 12.0 Å². The lowest BCUT2D eigenvalue weighted by atomic mass is 9.97. The van der Waals surface area contributed by atoms with Crippen molar-refractivity contribution in [1.29, 1.82) is 0 Å². The Balaban J connectivity index is 2.29. The van der Waals surface area contributed by atoms with Crippen molar-refractivity contribution in [1.82, 2.24) is 9.78 Å². The maximum Gasteiger partial charge on any atom is 0.247 e. The van der Waals surface area contributed by atoms with E-state index >= 15 is 0 Å². The molecule has 0 saturated carbocycles. The number of nitrogens with zero attached hydrogens (tertiary/aromatic N) is 3. The molecule has 0 spiro atoms. The number of aromatic nitrogens is 2. The second-order valence-electron chi connectivity index (χ2n) is 5.58. The quantitative estimate of drug-likeness (QED) is 0.926. The predicted octanol–water partition coefficient (Wildman–Crippen LogP) is 2.99. The van der Waals surface area contributed by atoms with Gasteiger partial charge in [-0.3, -0.25) is 14.5 Å². The maximum atomic E-state index is 11.9. The molecule has 0 saturated heterocycles. The van der Waals surface area contributed by atoms with Crippen LogP contribution in [0.2, 0.25) is 5.02 Å². The van der Waals surface area contributed by atoms with Crippen molar-refractivity contribution in [3.8, 4) is 0 Å². The van der Waals surface area contributed by atoms with Gasteiger partial charge in [-0.1, -0.05) is 43.6 Å². The van der Waals surface area contributed by atoms with Crippen LogP contribution >= 0.6 is 11.6 Å². The number of aliphatic imine (C=N–C) groups is 1. The average Bonchev–Trinajstić information content (AvgIpc) is 2.69. The summed E-state index contributed by atoms with van der Waals surface area (Å²) < 4.78 is 1.69. The molecule has 2 aromatic rings. The van der Waals surface area contributed by atoms with Crippen LogP contribution in [0.5, 0.6) is 0 Å². The Labute approximate surface area is 134 Å². The van der Waals surface area contributed by atoms with E-state index in [1.165, 1.54) is 0 Å². The van der Waals surface area contributed by atoms with Crippen LogP contribution in [0, 0.1) is 0 Å². The molecule has 5 nitrogen and oxygen atoms in total. The number of carbonyl (C=O) groups is 1. The summed E-state index contributed by atoms with van der Waals surface area (Å²) in [4.78, 5) is 16.4. The molecule has 0 unspecified atom stereocenters. The molecule has 1 N–H and O–H groups in total. The number of fused-ring (bicyclic) bond motifs is 1. The van der Waals surface area contributed by atoms with Gasteiger partial charge in [0.05, 0.1) is 17.0 Å². The van der Waals surface area contributed by atoms with Crippen LogP contribution in [0.3, 0.4) is 0 Å². The van der Waals surface area contributed by atoms with Gasteiger partial charge in [-0.25, -0.2) is 0 Å². The fourth-order valence-corrected chi connectivity index (χ4v) is 2.83. The fraction of sp³-hybridized carbons (Fsp3) is 0.312. The molecule has 1 aromatic carbocycles. The average molecular weight is 317 g/mol. The Hall–Kier alpha value is -2.14. The van der Waals surface area contributed by atoms with Gasteiger partial charge >= 0.3 is 0 Å². The number of aryl methyl sites for hydroxylation is 1. The van der Waals surface area contributed by atoms with E-state index in [0.717, 1.165) is 22.5 Å². The minimum atomic E-state index is -0.151. The molecular weight excluding hydrogens is 300 g/mol. The molecule has 1 aromatic heterocycles. The number of halogens is 1. The topological polar surface area (TPSA) is 59.3 Å². The maximum absolute atomic E-state index is 11.9. The number of amides is 1. The smallest absolute Gasteiger partial charge is 0.247 e. The van der Waals surface area contributed by atoms with Crippen molar-refractivity contribution in [2.45, 2.75) is 19.8 Å². The van der Waals surface area contributed by atoms with Crippen LogP contribution in [0.15, 0.2) is 29.3 Å². The summed E-state index contributed by atoms with van der Waals surface area (Å²) in [5.74, 6) is 0.726. The number of rotatable bonds is 2. The highest BCUT2D eigenvalue weighted by Gasteiger charge is 2.28. The van der Waals surface area contributed by atoms with E-state index in [9.17, 15) is 4.79 Å². The lowest BCUT2D eigenvalue weighted by molar-refractivity contribution is -0.114. The number of hydrogen-bond acceptors (Lipinski definition) is 3. The fourth-order valence-electron chi connectivity index (χ4n) is 2.60. The molecule has 1 aliphatic heterocycles. The Morgan fingerprint density at radius 3 is 2.73 bits per heavy atom. The molecule has 0 bridgehead atoms. The highest BCUT2D eigenvalue weighted by molar-refractivity contribution is 6.36. The highest BCUT2D eigenvalue weighted by Crippen LogP contribution is 2.31. The zero-order valence-corrected chi connectivity index (χ0v) is 13.5. The van der Waals surface area contributed by atoms with Crippen molar-refractivity contribution in [3.05, 3.63) is 46.1 Å².